The molecule has 0 aliphatic rings. The Kier molecular flexibility index (Phi) is 10.6. The van der Waals surface area contributed by atoms with Crippen LogP contribution in [0.2, 0.25) is 5.02 Å². The Labute approximate surface area is 191 Å². The molecule has 0 saturated carbocycles. The number of para-hydroxylation sites is 1. The molecule has 2 rings (SSSR count). The Bertz CT molecular complexity index is 919. The van der Waals surface area contributed by atoms with Crippen LogP contribution < -0.4 is 10.1 Å². The Morgan fingerprint density at radius 2 is 2.00 bits per heavy atom. The summed E-state index contributed by atoms with van der Waals surface area (Å²) < 4.78 is 6.07. The quantitative estimate of drug-likeness (QED) is 0.164. The van der Waals surface area contributed by atoms with E-state index in [4.69, 9.17) is 16.3 Å². The number of carbonyl (C=O) groups is 1. The van der Waals surface area contributed by atoms with Crippen molar-refractivity contribution >= 4 is 28.4 Å². The van der Waals surface area contributed by atoms with Gasteiger partial charge in [-0.2, -0.15) is 0 Å². The maximum absolute atomic E-state index is 12.4. The van der Waals surface area contributed by atoms with Crippen LogP contribution in [0.4, 0.5) is 0 Å². The fourth-order valence-electron chi connectivity index (χ4n) is 3.13. The fraction of sp³-hybridized carbons (Fsp3) is 0.462. The first-order chi connectivity index (χ1) is 14.9. The molecule has 31 heavy (non-hydrogen) atoms. The number of benzene rings is 1. The van der Waals surface area contributed by atoms with E-state index in [1.165, 1.54) is 31.8 Å². The third-order valence-electron chi connectivity index (χ3n) is 4.87. The number of ether oxygens (including phenoxy) is 1. The number of amides is 1. The lowest BCUT2D eigenvalue weighted by molar-refractivity contribution is -0.116. The van der Waals surface area contributed by atoms with Gasteiger partial charge in [-0.3, -0.25) is 4.79 Å². The maximum Gasteiger partial charge on any atom is 0.247 e. The second-order valence-electron chi connectivity index (χ2n) is 8.32. The van der Waals surface area contributed by atoms with E-state index < -0.39 is 0 Å². The van der Waals surface area contributed by atoms with E-state index in [1.54, 1.807) is 0 Å². The first kappa shape index (κ1) is 24.9. The van der Waals surface area contributed by atoms with Gasteiger partial charge in [0.05, 0.1) is 10.5 Å². The average Bonchev–Trinajstić information content (AvgIpc) is 2.72. The largest absolute Gasteiger partial charge is 0.439 e. The summed E-state index contributed by atoms with van der Waals surface area (Å²) in [6.45, 7) is 8.90. The van der Waals surface area contributed by atoms with Gasteiger partial charge in [-0.1, -0.05) is 76.3 Å². The smallest absolute Gasteiger partial charge is 0.247 e. The van der Waals surface area contributed by atoms with Crippen molar-refractivity contribution in [1.29, 1.82) is 0 Å². The molecular weight excluding hydrogens is 408 g/mol. The summed E-state index contributed by atoms with van der Waals surface area (Å²) in [7, 11) is 0. The number of allylic oxidation sites excluding steroid dienone is 2. The third kappa shape index (κ3) is 8.74. The molecule has 5 heteroatoms. The van der Waals surface area contributed by atoms with Crippen LogP contribution in [0.5, 0.6) is 5.88 Å². The number of unbranched alkanes of at least 4 members (excludes halogenated alkanes) is 5. The summed E-state index contributed by atoms with van der Waals surface area (Å²) in [5.74, 6) is 1.13. The molecule has 0 atom stereocenters. The molecule has 0 unspecified atom stereocenters. The second kappa shape index (κ2) is 13.2. The number of nitrogens with one attached hydrogen (secondary N) is 1. The summed E-state index contributed by atoms with van der Waals surface area (Å²) in [6.07, 6.45) is 12.5. The van der Waals surface area contributed by atoms with Crippen LogP contribution >= 0.6 is 11.6 Å². The standard InChI is InChI=1S/C26H35ClN2O2/c1-5-6-7-8-9-10-11-14-22(17-24(30)28-18-19(2)3)31-26-20(4)16-21-13-12-15-23(27)25(21)29-26/h11-17,19H,5-10,18H2,1-4H3,(H,28,30)/b14-11+,22-17+. The molecule has 0 fully saturated rings. The Morgan fingerprint density at radius 1 is 1.23 bits per heavy atom. The van der Waals surface area contributed by atoms with Gasteiger partial charge in [-0.15, -0.1) is 0 Å². The number of halogens is 1. The molecule has 0 saturated heterocycles. The van der Waals surface area contributed by atoms with Crippen molar-refractivity contribution in [1.82, 2.24) is 10.3 Å². The zero-order chi connectivity index (χ0) is 22.6. The Hall–Kier alpha value is -2.33. The first-order valence-electron chi connectivity index (χ1n) is 11.3. The van der Waals surface area contributed by atoms with E-state index >= 15 is 0 Å². The summed E-state index contributed by atoms with van der Waals surface area (Å²) in [4.78, 5) is 17.0. The van der Waals surface area contributed by atoms with Crippen LogP contribution in [0.3, 0.4) is 0 Å². The SMILES string of the molecule is CCCCCCC/C=C/C(=C\C(=O)NCC(C)C)Oc1nc2c(Cl)cccc2cc1C. The van der Waals surface area contributed by atoms with E-state index in [-0.39, 0.29) is 5.91 Å². The van der Waals surface area contributed by atoms with Crippen LogP contribution in [0, 0.1) is 12.8 Å². The second-order valence-corrected chi connectivity index (χ2v) is 8.72. The van der Waals surface area contributed by atoms with Crippen molar-refractivity contribution in [2.24, 2.45) is 5.92 Å². The lowest BCUT2D eigenvalue weighted by atomic mass is 10.1. The monoisotopic (exact) mass is 442 g/mol. The molecule has 168 valence electrons. The lowest BCUT2D eigenvalue weighted by Crippen LogP contribution is -2.26. The molecule has 1 aromatic carbocycles. The summed E-state index contributed by atoms with van der Waals surface area (Å²) >= 11 is 6.32. The van der Waals surface area contributed by atoms with E-state index in [9.17, 15) is 4.79 Å². The van der Waals surface area contributed by atoms with Gasteiger partial charge in [0.25, 0.3) is 0 Å². The minimum Gasteiger partial charge on any atom is -0.439 e. The van der Waals surface area contributed by atoms with E-state index in [0.29, 0.717) is 34.6 Å². The summed E-state index contributed by atoms with van der Waals surface area (Å²) in [5, 5.41) is 4.44. The van der Waals surface area contributed by atoms with Gasteiger partial charge in [0, 0.05) is 23.6 Å². The highest BCUT2D eigenvalue weighted by Gasteiger charge is 2.10. The Morgan fingerprint density at radius 3 is 2.74 bits per heavy atom. The molecular formula is C26H35ClN2O2. The number of carbonyl (C=O) groups excluding carboxylic acids is 1. The van der Waals surface area contributed by atoms with Gasteiger partial charge in [-0.25, -0.2) is 4.98 Å². The Balaban J connectivity index is 2.17. The van der Waals surface area contributed by atoms with Gasteiger partial charge in [0.2, 0.25) is 11.8 Å². The van der Waals surface area contributed by atoms with Crippen molar-refractivity contribution in [2.45, 2.75) is 66.2 Å². The minimum atomic E-state index is -0.173. The van der Waals surface area contributed by atoms with Crippen molar-refractivity contribution in [3.05, 3.63) is 58.8 Å². The molecule has 1 amide bonds. The maximum atomic E-state index is 12.4. The van der Waals surface area contributed by atoms with Gasteiger partial charge >= 0.3 is 0 Å². The third-order valence-corrected chi connectivity index (χ3v) is 5.17. The van der Waals surface area contributed by atoms with Crippen molar-refractivity contribution in [2.75, 3.05) is 6.54 Å². The zero-order valence-electron chi connectivity index (χ0n) is 19.2. The van der Waals surface area contributed by atoms with E-state index in [1.807, 2.05) is 37.3 Å². The molecule has 0 aliphatic carbocycles. The number of hydrogen-bond donors (Lipinski definition) is 1. The van der Waals surface area contributed by atoms with Crippen LogP contribution in [-0.4, -0.2) is 17.4 Å². The fourth-order valence-corrected chi connectivity index (χ4v) is 3.35. The van der Waals surface area contributed by atoms with E-state index in [2.05, 4.69) is 37.1 Å². The number of rotatable bonds is 12. The van der Waals surface area contributed by atoms with Crippen LogP contribution in [0.25, 0.3) is 10.9 Å². The molecule has 4 nitrogen and oxygen atoms in total. The lowest BCUT2D eigenvalue weighted by Gasteiger charge is -2.11. The number of fused-ring (bicyclic) bond motifs is 1. The number of aryl methyl sites for hydroxylation is 1. The molecule has 1 heterocycles. The number of hydrogen-bond acceptors (Lipinski definition) is 3. The molecule has 1 aromatic heterocycles. The predicted octanol–water partition coefficient (Wildman–Crippen LogP) is 7.15. The molecule has 0 spiro atoms. The average molecular weight is 443 g/mol. The minimum absolute atomic E-state index is 0.173. The van der Waals surface area contributed by atoms with Crippen molar-refractivity contribution in [3.63, 3.8) is 0 Å². The van der Waals surface area contributed by atoms with Gasteiger partial charge in [0.1, 0.15) is 5.76 Å². The molecule has 1 N–H and O–H groups in total. The topological polar surface area (TPSA) is 51.2 Å². The highest BCUT2D eigenvalue weighted by molar-refractivity contribution is 6.35. The van der Waals surface area contributed by atoms with Crippen molar-refractivity contribution in [3.8, 4) is 5.88 Å². The van der Waals surface area contributed by atoms with E-state index in [0.717, 1.165) is 23.8 Å². The summed E-state index contributed by atoms with van der Waals surface area (Å²) in [6, 6.07) is 7.68. The summed E-state index contributed by atoms with van der Waals surface area (Å²) in [5.41, 5.74) is 1.57. The van der Waals surface area contributed by atoms with Crippen LogP contribution in [0.1, 0.15) is 64.9 Å². The highest BCUT2D eigenvalue weighted by atomic mass is 35.5. The highest BCUT2D eigenvalue weighted by Crippen LogP contribution is 2.28. The first-order valence-corrected chi connectivity index (χ1v) is 11.7. The molecule has 0 aliphatic heterocycles. The predicted molar refractivity (Wildman–Crippen MR) is 131 cm³/mol. The zero-order valence-corrected chi connectivity index (χ0v) is 20.0. The number of nitrogens with zero attached hydrogens (tertiary/aromatic N) is 1. The molecule has 2 aromatic rings. The van der Waals surface area contributed by atoms with Gasteiger partial charge < -0.3 is 10.1 Å². The normalized spacial score (nSPS) is 12.1. The van der Waals surface area contributed by atoms with Crippen LogP contribution in [-0.2, 0) is 4.79 Å². The number of pyridine rings is 1. The molecule has 0 bridgehead atoms. The van der Waals surface area contributed by atoms with Gasteiger partial charge in [0.15, 0.2) is 0 Å². The van der Waals surface area contributed by atoms with Crippen LogP contribution in [0.15, 0.2) is 48.3 Å². The molecule has 0 radical (unpaired) electrons. The number of aromatic nitrogens is 1. The van der Waals surface area contributed by atoms with Crippen molar-refractivity contribution < 1.29 is 9.53 Å². The van der Waals surface area contributed by atoms with Gasteiger partial charge in [-0.05, 0) is 43.9 Å².